The summed E-state index contributed by atoms with van der Waals surface area (Å²) >= 11 is 0. The van der Waals surface area contributed by atoms with Gasteiger partial charge in [-0.25, -0.2) is 5.01 Å². The van der Waals surface area contributed by atoms with E-state index >= 15 is 0 Å². The van der Waals surface area contributed by atoms with Gasteiger partial charge in [0.05, 0.1) is 11.8 Å². The van der Waals surface area contributed by atoms with Gasteiger partial charge in [0, 0.05) is 23.1 Å². The van der Waals surface area contributed by atoms with E-state index in [0.29, 0.717) is 0 Å². The van der Waals surface area contributed by atoms with Crippen molar-refractivity contribution in [2.24, 2.45) is 5.10 Å². The van der Waals surface area contributed by atoms with Crippen molar-refractivity contribution in [3.63, 3.8) is 0 Å². The minimum atomic E-state index is -0.278. The smallest absolute Gasteiger partial charge is 0.213 e. The van der Waals surface area contributed by atoms with Gasteiger partial charge in [-0.15, -0.1) is 0 Å². The lowest BCUT2D eigenvalue weighted by Crippen LogP contribution is -2.33. The average molecular weight is 342 g/mol. The molecule has 0 aromatic heterocycles. The number of para-hydroxylation sites is 2. The summed E-state index contributed by atoms with van der Waals surface area (Å²) in [6.45, 7) is 0. The predicted octanol–water partition coefficient (Wildman–Crippen LogP) is 4.63. The minimum absolute atomic E-state index is 0.0970. The molecule has 128 valence electrons. The maximum atomic E-state index is 10.3. The standard InChI is InChI=1S/C22H18N2O2/c25-20-12-6-4-10-16(20)18-14-19-17-11-5-7-13-21(17)26-22(24(19)23-18)15-8-2-1-3-9-15/h1-13,19,22,25H,14H2/t19-,22+/m1/s1. The topological polar surface area (TPSA) is 45.1 Å². The van der Waals surface area contributed by atoms with Gasteiger partial charge < -0.3 is 9.84 Å². The molecule has 0 saturated carbocycles. The van der Waals surface area contributed by atoms with E-state index in [1.54, 1.807) is 6.07 Å². The van der Waals surface area contributed by atoms with Crippen LogP contribution in [0.1, 0.15) is 35.4 Å². The Labute approximate surface area is 152 Å². The number of benzene rings is 3. The van der Waals surface area contributed by atoms with Gasteiger partial charge in [0.15, 0.2) is 0 Å². The van der Waals surface area contributed by atoms with E-state index in [-0.39, 0.29) is 18.0 Å². The Morgan fingerprint density at radius 2 is 1.62 bits per heavy atom. The Kier molecular flexibility index (Phi) is 3.42. The van der Waals surface area contributed by atoms with Crippen LogP contribution in [-0.2, 0) is 0 Å². The highest BCUT2D eigenvalue weighted by Crippen LogP contribution is 2.47. The Balaban J connectivity index is 1.62. The first-order chi connectivity index (χ1) is 12.8. The van der Waals surface area contributed by atoms with E-state index in [9.17, 15) is 5.11 Å². The molecule has 0 saturated heterocycles. The molecule has 0 amide bonds. The number of hydrogen-bond donors (Lipinski definition) is 1. The van der Waals surface area contributed by atoms with Crippen molar-refractivity contribution in [1.82, 2.24) is 5.01 Å². The second kappa shape index (κ2) is 5.92. The third kappa shape index (κ3) is 2.34. The van der Waals surface area contributed by atoms with Gasteiger partial charge in [0.25, 0.3) is 0 Å². The van der Waals surface area contributed by atoms with Gasteiger partial charge >= 0.3 is 0 Å². The molecule has 1 N–H and O–H groups in total. The maximum absolute atomic E-state index is 10.3. The van der Waals surface area contributed by atoms with Gasteiger partial charge in [-0.05, 0) is 18.2 Å². The molecule has 0 unspecified atom stereocenters. The zero-order valence-electron chi connectivity index (χ0n) is 14.1. The summed E-state index contributed by atoms with van der Waals surface area (Å²) in [6.07, 6.45) is 0.459. The number of fused-ring (bicyclic) bond motifs is 3. The highest BCUT2D eigenvalue weighted by atomic mass is 16.5. The number of phenolic OH excluding ortho intramolecular Hbond substituents is 1. The maximum Gasteiger partial charge on any atom is 0.213 e. The molecular weight excluding hydrogens is 324 g/mol. The van der Waals surface area contributed by atoms with Crippen LogP contribution in [0, 0.1) is 0 Å². The van der Waals surface area contributed by atoms with Gasteiger partial charge in [0.2, 0.25) is 6.23 Å². The molecule has 2 atom stereocenters. The third-order valence-corrected chi connectivity index (χ3v) is 5.00. The number of hydrogen-bond acceptors (Lipinski definition) is 4. The Bertz CT molecular complexity index is 984. The molecule has 4 nitrogen and oxygen atoms in total. The summed E-state index contributed by atoms with van der Waals surface area (Å²) in [5, 5.41) is 17.1. The van der Waals surface area contributed by atoms with Crippen molar-refractivity contribution in [3.8, 4) is 11.5 Å². The lowest BCUT2D eigenvalue weighted by atomic mass is 9.95. The van der Waals surface area contributed by atoms with Crippen LogP contribution >= 0.6 is 0 Å². The third-order valence-electron chi connectivity index (χ3n) is 5.00. The van der Waals surface area contributed by atoms with Crippen LogP contribution in [0.5, 0.6) is 11.5 Å². The largest absolute Gasteiger partial charge is 0.507 e. The molecule has 0 radical (unpaired) electrons. The highest BCUT2D eigenvalue weighted by molar-refractivity contribution is 6.04. The fourth-order valence-corrected chi connectivity index (χ4v) is 3.75. The second-order valence-corrected chi connectivity index (χ2v) is 6.58. The fourth-order valence-electron chi connectivity index (χ4n) is 3.75. The van der Waals surface area contributed by atoms with Gasteiger partial charge in [-0.3, -0.25) is 0 Å². The summed E-state index contributed by atoms with van der Waals surface area (Å²) in [4.78, 5) is 0. The molecule has 4 heteroatoms. The zero-order valence-corrected chi connectivity index (χ0v) is 14.1. The van der Waals surface area contributed by atoms with Gasteiger partial charge in [0.1, 0.15) is 11.5 Å². The predicted molar refractivity (Wildman–Crippen MR) is 100 cm³/mol. The Morgan fingerprint density at radius 1 is 0.885 bits per heavy atom. The van der Waals surface area contributed by atoms with E-state index < -0.39 is 0 Å². The molecule has 26 heavy (non-hydrogen) atoms. The van der Waals surface area contributed by atoms with Gasteiger partial charge in [-0.1, -0.05) is 60.7 Å². The first-order valence-electron chi connectivity index (χ1n) is 8.76. The van der Waals surface area contributed by atoms with Crippen LogP contribution < -0.4 is 4.74 Å². The fraction of sp³-hybridized carbons (Fsp3) is 0.136. The van der Waals surface area contributed by atoms with Crippen molar-refractivity contribution in [2.45, 2.75) is 18.7 Å². The normalized spacial score (nSPS) is 20.8. The van der Waals surface area contributed by atoms with E-state index in [0.717, 1.165) is 34.6 Å². The van der Waals surface area contributed by atoms with Crippen LogP contribution in [0.3, 0.4) is 0 Å². The van der Waals surface area contributed by atoms with Gasteiger partial charge in [-0.2, -0.15) is 5.10 Å². The highest BCUT2D eigenvalue weighted by Gasteiger charge is 2.41. The molecule has 2 aliphatic heterocycles. The Hall–Kier alpha value is -3.27. The number of aromatic hydroxyl groups is 1. The van der Waals surface area contributed by atoms with Crippen LogP contribution in [0.4, 0.5) is 0 Å². The molecule has 3 aromatic rings. The molecule has 2 aliphatic rings. The molecule has 0 fully saturated rings. The first kappa shape index (κ1) is 15.0. The van der Waals surface area contributed by atoms with E-state index in [1.165, 1.54) is 0 Å². The molecule has 5 rings (SSSR count). The molecule has 2 heterocycles. The van der Waals surface area contributed by atoms with Crippen LogP contribution in [0.15, 0.2) is 84.0 Å². The summed E-state index contributed by atoms with van der Waals surface area (Å²) in [6, 6.07) is 25.7. The average Bonchev–Trinajstić information content (AvgIpc) is 3.14. The van der Waals surface area contributed by atoms with E-state index in [4.69, 9.17) is 9.84 Å². The monoisotopic (exact) mass is 342 g/mol. The summed E-state index contributed by atoms with van der Waals surface area (Å²) in [7, 11) is 0. The van der Waals surface area contributed by atoms with E-state index in [1.807, 2.05) is 59.6 Å². The number of phenols is 1. The molecular formula is C22H18N2O2. The molecule has 0 spiro atoms. The van der Waals surface area contributed by atoms with Crippen LogP contribution in [0.25, 0.3) is 0 Å². The number of nitrogens with zero attached hydrogens (tertiary/aromatic N) is 2. The zero-order chi connectivity index (χ0) is 17.5. The van der Waals surface area contributed by atoms with Crippen molar-refractivity contribution in [1.29, 1.82) is 0 Å². The summed E-state index contributed by atoms with van der Waals surface area (Å²) < 4.78 is 6.30. The van der Waals surface area contributed by atoms with Crippen molar-refractivity contribution < 1.29 is 9.84 Å². The Morgan fingerprint density at radius 3 is 2.46 bits per heavy atom. The second-order valence-electron chi connectivity index (χ2n) is 6.58. The van der Waals surface area contributed by atoms with E-state index in [2.05, 4.69) is 18.2 Å². The van der Waals surface area contributed by atoms with Crippen molar-refractivity contribution >= 4 is 5.71 Å². The first-order valence-corrected chi connectivity index (χ1v) is 8.76. The number of ether oxygens (including phenoxy) is 1. The van der Waals surface area contributed by atoms with Crippen LogP contribution in [-0.4, -0.2) is 15.8 Å². The van der Waals surface area contributed by atoms with Crippen molar-refractivity contribution in [2.75, 3.05) is 0 Å². The number of rotatable bonds is 2. The SMILES string of the molecule is Oc1ccccc1C1=NN2[C@H](C1)c1ccccc1O[C@H]2c1ccccc1. The molecule has 0 aliphatic carbocycles. The summed E-state index contributed by atoms with van der Waals surface area (Å²) in [5.41, 5.74) is 3.86. The van der Waals surface area contributed by atoms with Crippen molar-refractivity contribution in [3.05, 3.63) is 95.6 Å². The lowest BCUT2D eigenvalue weighted by Gasteiger charge is -2.38. The molecule has 0 bridgehead atoms. The lowest BCUT2D eigenvalue weighted by molar-refractivity contribution is -0.0190. The minimum Gasteiger partial charge on any atom is -0.507 e. The summed E-state index contributed by atoms with van der Waals surface area (Å²) in [5.74, 6) is 1.16. The van der Waals surface area contributed by atoms with Crippen LogP contribution in [0.2, 0.25) is 0 Å². The molecule has 3 aromatic carbocycles. The number of hydrazone groups is 1. The quantitative estimate of drug-likeness (QED) is 0.738.